The number of nitrogens with zero attached hydrogens (tertiary/aromatic N) is 1. The Hall–Kier alpha value is -4.20. The van der Waals surface area contributed by atoms with Crippen LogP contribution in [0.2, 0.25) is 0 Å². The Labute approximate surface area is 209 Å². The molecule has 8 heteroatoms. The van der Waals surface area contributed by atoms with E-state index in [1.165, 1.54) is 29.2 Å². The minimum absolute atomic E-state index is 0.223. The predicted octanol–water partition coefficient (Wildman–Crippen LogP) is 4.97. The Balaban J connectivity index is 1.59. The van der Waals surface area contributed by atoms with Gasteiger partial charge in [0.1, 0.15) is 5.82 Å². The molecule has 2 atom stereocenters. The first-order chi connectivity index (χ1) is 17.4. The van der Waals surface area contributed by atoms with E-state index in [0.29, 0.717) is 23.4 Å². The van der Waals surface area contributed by atoms with Gasteiger partial charge >= 0.3 is 6.09 Å². The highest BCUT2D eigenvalue weighted by atomic mass is 19.1. The van der Waals surface area contributed by atoms with Gasteiger partial charge in [-0.2, -0.15) is 0 Å². The van der Waals surface area contributed by atoms with Crippen LogP contribution in [-0.4, -0.2) is 35.4 Å². The summed E-state index contributed by atoms with van der Waals surface area (Å²) in [6, 6.07) is 18.9. The number of hydrogen-bond acceptors (Lipinski definition) is 4. The van der Waals surface area contributed by atoms with Crippen LogP contribution in [0.5, 0.6) is 0 Å². The van der Waals surface area contributed by atoms with Gasteiger partial charge < -0.3 is 15.4 Å². The highest BCUT2D eigenvalue weighted by Crippen LogP contribution is 2.35. The third-order valence-electron chi connectivity index (χ3n) is 5.96. The van der Waals surface area contributed by atoms with Gasteiger partial charge in [-0.3, -0.25) is 14.5 Å². The van der Waals surface area contributed by atoms with Crippen molar-refractivity contribution in [2.24, 2.45) is 0 Å². The molecule has 1 fully saturated rings. The van der Waals surface area contributed by atoms with Crippen molar-refractivity contribution in [1.82, 2.24) is 10.2 Å². The summed E-state index contributed by atoms with van der Waals surface area (Å²) in [4.78, 5) is 40.1. The van der Waals surface area contributed by atoms with Crippen molar-refractivity contribution in [1.29, 1.82) is 0 Å². The van der Waals surface area contributed by atoms with E-state index in [0.717, 1.165) is 17.5 Å². The molecule has 0 bridgehead atoms. The smallest absolute Gasteiger partial charge is 0.411 e. The molecular formula is C28H28FN3O4. The van der Waals surface area contributed by atoms with Gasteiger partial charge in [0.25, 0.3) is 5.91 Å². The lowest BCUT2D eigenvalue weighted by Gasteiger charge is -2.24. The molecule has 0 spiro atoms. The molecule has 7 nitrogen and oxygen atoms in total. The third kappa shape index (κ3) is 5.71. The number of hydrogen-bond donors (Lipinski definition) is 2. The first kappa shape index (κ1) is 24.9. The molecule has 2 unspecified atom stereocenters. The van der Waals surface area contributed by atoms with E-state index >= 15 is 0 Å². The Morgan fingerprint density at radius 1 is 1.03 bits per heavy atom. The van der Waals surface area contributed by atoms with Gasteiger partial charge in [-0.15, -0.1) is 0 Å². The van der Waals surface area contributed by atoms with Crippen LogP contribution in [0.1, 0.15) is 46.5 Å². The number of aryl methyl sites for hydroxylation is 1. The van der Waals surface area contributed by atoms with Crippen molar-refractivity contribution in [3.8, 4) is 0 Å². The molecule has 1 aliphatic heterocycles. The van der Waals surface area contributed by atoms with E-state index in [4.69, 9.17) is 4.74 Å². The summed E-state index contributed by atoms with van der Waals surface area (Å²) in [5, 5.41) is 5.65. The summed E-state index contributed by atoms with van der Waals surface area (Å²) >= 11 is 0. The minimum atomic E-state index is -0.881. The van der Waals surface area contributed by atoms with Crippen molar-refractivity contribution >= 4 is 23.6 Å². The fraction of sp³-hybridized carbons (Fsp3) is 0.250. The van der Waals surface area contributed by atoms with Crippen LogP contribution < -0.4 is 10.6 Å². The minimum Gasteiger partial charge on any atom is -0.438 e. The fourth-order valence-electron chi connectivity index (χ4n) is 4.05. The molecule has 3 aromatic rings. The molecule has 3 aromatic carbocycles. The van der Waals surface area contributed by atoms with Crippen molar-refractivity contribution in [3.63, 3.8) is 0 Å². The first-order valence-electron chi connectivity index (χ1n) is 11.8. The third-order valence-corrected chi connectivity index (χ3v) is 5.96. The van der Waals surface area contributed by atoms with E-state index in [-0.39, 0.29) is 12.5 Å². The predicted molar refractivity (Wildman–Crippen MR) is 134 cm³/mol. The van der Waals surface area contributed by atoms with Gasteiger partial charge in [0.15, 0.2) is 12.1 Å². The topological polar surface area (TPSA) is 87.7 Å². The number of rotatable bonds is 8. The standard InChI is InChI=1S/C28H28FN3O4/c1-3-15-30-27(34)24-25(36-28(35)32(24)17-19-9-7-18(2)8-10-19)21-5-4-6-23(16-21)31-26(33)20-11-13-22(29)14-12-20/h4-14,16,24-25H,3,15,17H2,1-2H3,(H,30,34)(H,31,33). The number of amides is 3. The largest absolute Gasteiger partial charge is 0.438 e. The molecule has 186 valence electrons. The maximum absolute atomic E-state index is 13.2. The molecule has 0 aromatic heterocycles. The van der Waals surface area contributed by atoms with E-state index in [9.17, 15) is 18.8 Å². The lowest BCUT2D eigenvalue weighted by Crippen LogP contribution is -2.46. The summed E-state index contributed by atoms with van der Waals surface area (Å²) < 4.78 is 18.9. The highest BCUT2D eigenvalue weighted by molar-refractivity contribution is 6.04. The van der Waals surface area contributed by atoms with Crippen LogP contribution in [-0.2, 0) is 16.1 Å². The molecule has 1 saturated heterocycles. The Morgan fingerprint density at radius 2 is 1.75 bits per heavy atom. The molecule has 36 heavy (non-hydrogen) atoms. The fourth-order valence-corrected chi connectivity index (χ4v) is 4.05. The second-order valence-electron chi connectivity index (χ2n) is 8.74. The summed E-state index contributed by atoms with van der Waals surface area (Å²) in [6.45, 7) is 4.63. The van der Waals surface area contributed by atoms with Crippen LogP contribution in [0.4, 0.5) is 14.9 Å². The normalized spacial score (nSPS) is 17.0. The van der Waals surface area contributed by atoms with Crippen LogP contribution in [0.25, 0.3) is 0 Å². The zero-order chi connectivity index (χ0) is 25.7. The summed E-state index contributed by atoms with van der Waals surface area (Å²) in [5.74, 6) is -1.14. The molecule has 1 aliphatic rings. The van der Waals surface area contributed by atoms with E-state index in [2.05, 4.69) is 10.6 Å². The summed E-state index contributed by atoms with van der Waals surface area (Å²) in [5.41, 5.74) is 3.31. The molecule has 4 rings (SSSR count). The number of benzene rings is 3. The quantitative estimate of drug-likeness (QED) is 0.468. The van der Waals surface area contributed by atoms with Crippen LogP contribution in [0.15, 0.2) is 72.8 Å². The molecule has 0 aliphatic carbocycles. The van der Waals surface area contributed by atoms with E-state index < -0.39 is 30.0 Å². The summed E-state index contributed by atoms with van der Waals surface area (Å²) in [6.07, 6.45) is -0.693. The zero-order valence-electron chi connectivity index (χ0n) is 20.2. The van der Waals surface area contributed by atoms with Crippen molar-refractivity contribution in [2.75, 3.05) is 11.9 Å². The van der Waals surface area contributed by atoms with Crippen LogP contribution >= 0.6 is 0 Å². The number of anilines is 1. The molecule has 1 heterocycles. The molecular weight excluding hydrogens is 461 g/mol. The van der Waals surface area contributed by atoms with Crippen molar-refractivity contribution < 1.29 is 23.5 Å². The number of ether oxygens (including phenoxy) is 1. The van der Waals surface area contributed by atoms with Gasteiger partial charge in [-0.1, -0.05) is 48.9 Å². The molecule has 0 radical (unpaired) electrons. The van der Waals surface area contributed by atoms with E-state index in [1.54, 1.807) is 24.3 Å². The monoisotopic (exact) mass is 489 g/mol. The Kier molecular flexibility index (Phi) is 7.63. The lowest BCUT2D eigenvalue weighted by molar-refractivity contribution is -0.126. The number of carbonyl (C=O) groups is 3. The number of cyclic esters (lactones) is 1. The average molecular weight is 490 g/mol. The van der Waals surface area contributed by atoms with E-state index in [1.807, 2.05) is 38.1 Å². The SMILES string of the molecule is CCCNC(=O)C1C(c2cccc(NC(=O)c3ccc(F)cc3)c2)OC(=O)N1Cc1ccc(C)cc1. The summed E-state index contributed by atoms with van der Waals surface area (Å²) in [7, 11) is 0. The van der Waals surface area contributed by atoms with Crippen LogP contribution in [0.3, 0.4) is 0 Å². The number of nitrogens with one attached hydrogen (secondary N) is 2. The van der Waals surface area contributed by atoms with Gasteiger partial charge in [0.2, 0.25) is 5.91 Å². The Bertz CT molecular complexity index is 1240. The first-order valence-corrected chi connectivity index (χ1v) is 11.8. The average Bonchev–Trinajstić information content (AvgIpc) is 3.20. The van der Waals surface area contributed by atoms with Gasteiger partial charge in [0.05, 0.1) is 6.54 Å². The maximum Gasteiger partial charge on any atom is 0.411 e. The lowest BCUT2D eigenvalue weighted by atomic mass is 10.00. The van der Waals surface area contributed by atoms with Crippen LogP contribution in [0, 0.1) is 12.7 Å². The van der Waals surface area contributed by atoms with Gasteiger partial charge in [0, 0.05) is 17.8 Å². The maximum atomic E-state index is 13.2. The van der Waals surface area contributed by atoms with Crippen molar-refractivity contribution in [3.05, 3.63) is 101 Å². The Morgan fingerprint density at radius 3 is 2.44 bits per heavy atom. The molecule has 0 saturated carbocycles. The zero-order valence-corrected chi connectivity index (χ0v) is 20.2. The molecule has 2 N–H and O–H groups in total. The number of carbonyl (C=O) groups excluding carboxylic acids is 3. The second-order valence-corrected chi connectivity index (χ2v) is 8.74. The van der Waals surface area contributed by atoms with Crippen molar-refractivity contribution in [2.45, 2.75) is 39.0 Å². The van der Waals surface area contributed by atoms with Gasteiger partial charge in [-0.25, -0.2) is 9.18 Å². The number of halogens is 1. The molecule has 3 amide bonds. The highest BCUT2D eigenvalue weighted by Gasteiger charge is 2.46. The second kappa shape index (κ2) is 11.0. The van der Waals surface area contributed by atoms with Gasteiger partial charge in [-0.05, 0) is 60.9 Å².